The van der Waals surface area contributed by atoms with Crippen molar-refractivity contribution in [3.63, 3.8) is 0 Å². The number of para-hydroxylation sites is 2. The molecule has 0 bridgehead atoms. The molecule has 0 saturated carbocycles. The van der Waals surface area contributed by atoms with Crippen LogP contribution in [0.25, 0.3) is 22.4 Å². The van der Waals surface area contributed by atoms with E-state index in [4.69, 9.17) is 4.98 Å². The van der Waals surface area contributed by atoms with Gasteiger partial charge in [-0.25, -0.2) is 4.98 Å². The number of hydrogen-bond acceptors (Lipinski definition) is 3. The Morgan fingerprint density at radius 1 is 1.12 bits per heavy atom. The molecule has 0 atom stereocenters. The summed E-state index contributed by atoms with van der Waals surface area (Å²) in [6, 6.07) is 16.4. The van der Waals surface area contributed by atoms with Crippen molar-refractivity contribution in [1.82, 2.24) is 19.8 Å². The van der Waals surface area contributed by atoms with Gasteiger partial charge in [-0.1, -0.05) is 24.3 Å². The van der Waals surface area contributed by atoms with Crippen LogP contribution in [0.3, 0.4) is 0 Å². The summed E-state index contributed by atoms with van der Waals surface area (Å²) >= 11 is 0. The van der Waals surface area contributed by atoms with E-state index in [0.29, 0.717) is 11.6 Å². The molecule has 1 amide bonds. The van der Waals surface area contributed by atoms with E-state index in [0.717, 1.165) is 30.0 Å². The number of amides is 1. The largest absolute Gasteiger partial charge is 0.355 e. The molecule has 2 aromatic carbocycles. The predicted molar refractivity (Wildman–Crippen MR) is 95.1 cm³/mol. The zero-order chi connectivity index (χ0) is 16.7. The highest BCUT2D eigenvalue weighted by Crippen LogP contribution is 2.32. The fourth-order valence-electron chi connectivity index (χ4n) is 3.36. The molecule has 1 fully saturated rings. The first-order chi connectivity index (χ1) is 11.7. The van der Waals surface area contributed by atoms with Gasteiger partial charge < -0.3 is 14.8 Å². The third-order valence-electron chi connectivity index (χ3n) is 4.64. The molecule has 4 rings (SSSR count). The molecule has 1 aromatic heterocycles. The van der Waals surface area contributed by atoms with Gasteiger partial charge in [0.05, 0.1) is 17.1 Å². The first-order valence-electron chi connectivity index (χ1n) is 8.15. The van der Waals surface area contributed by atoms with Crippen molar-refractivity contribution in [2.75, 3.05) is 27.2 Å². The summed E-state index contributed by atoms with van der Waals surface area (Å²) < 4.78 is 2.34. The van der Waals surface area contributed by atoms with Crippen LogP contribution < -0.4 is 5.32 Å². The molecular weight excluding hydrogens is 300 g/mol. The van der Waals surface area contributed by atoms with Crippen molar-refractivity contribution in [3.05, 3.63) is 54.1 Å². The molecule has 1 aliphatic heterocycles. The Kier molecular flexibility index (Phi) is 3.58. The van der Waals surface area contributed by atoms with Crippen molar-refractivity contribution < 1.29 is 4.79 Å². The van der Waals surface area contributed by atoms with Crippen LogP contribution in [-0.4, -0.2) is 47.5 Å². The number of likely N-dealkylation sites (tertiary alicyclic amines) is 1. The molecule has 24 heavy (non-hydrogen) atoms. The maximum atomic E-state index is 11.7. The lowest BCUT2D eigenvalue weighted by Crippen LogP contribution is -2.45. The van der Waals surface area contributed by atoms with Crippen LogP contribution in [0.1, 0.15) is 16.4 Å². The number of likely N-dealkylation sites (N-methyl/N-ethyl adjacent to an activating group) is 1. The average molecular weight is 320 g/mol. The molecule has 1 saturated heterocycles. The second kappa shape index (κ2) is 5.76. The number of aromatic nitrogens is 2. The molecule has 1 N–H and O–H groups in total. The first-order valence-corrected chi connectivity index (χ1v) is 8.15. The lowest BCUT2D eigenvalue weighted by molar-refractivity contribution is 0.0963. The van der Waals surface area contributed by atoms with E-state index in [1.165, 1.54) is 5.52 Å². The van der Waals surface area contributed by atoms with Crippen LogP contribution in [0.2, 0.25) is 0 Å². The van der Waals surface area contributed by atoms with Gasteiger partial charge in [-0.2, -0.15) is 0 Å². The van der Waals surface area contributed by atoms with Gasteiger partial charge in [-0.05, 0) is 31.3 Å². The molecule has 122 valence electrons. The SMILES string of the molecule is CNC(=O)c1ccc(-c2nc3ccccc3n2C2CN(C)C2)cc1. The van der Waals surface area contributed by atoms with Gasteiger partial charge in [-0.3, -0.25) is 4.79 Å². The Labute approximate surface area is 140 Å². The number of nitrogens with zero attached hydrogens (tertiary/aromatic N) is 3. The highest BCUT2D eigenvalue weighted by atomic mass is 16.1. The van der Waals surface area contributed by atoms with Gasteiger partial charge in [0.1, 0.15) is 5.82 Å². The monoisotopic (exact) mass is 320 g/mol. The Hall–Kier alpha value is -2.66. The van der Waals surface area contributed by atoms with Crippen LogP contribution in [0, 0.1) is 0 Å². The van der Waals surface area contributed by atoms with Crippen LogP contribution in [0.4, 0.5) is 0 Å². The van der Waals surface area contributed by atoms with Gasteiger partial charge in [0.15, 0.2) is 0 Å². The highest BCUT2D eigenvalue weighted by Gasteiger charge is 2.28. The zero-order valence-electron chi connectivity index (χ0n) is 13.9. The van der Waals surface area contributed by atoms with Crippen LogP contribution in [0.5, 0.6) is 0 Å². The topological polar surface area (TPSA) is 50.2 Å². The maximum absolute atomic E-state index is 11.7. The number of carbonyl (C=O) groups excluding carboxylic acids is 1. The minimum Gasteiger partial charge on any atom is -0.355 e. The third kappa shape index (κ3) is 2.37. The number of imidazole rings is 1. The smallest absolute Gasteiger partial charge is 0.251 e. The number of hydrogen-bond donors (Lipinski definition) is 1. The Morgan fingerprint density at radius 2 is 1.83 bits per heavy atom. The van der Waals surface area contributed by atoms with Crippen molar-refractivity contribution in [2.24, 2.45) is 0 Å². The fraction of sp³-hybridized carbons (Fsp3) is 0.263. The van der Waals surface area contributed by atoms with Gasteiger partial charge in [0, 0.05) is 31.3 Å². The summed E-state index contributed by atoms with van der Waals surface area (Å²) in [5.41, 5.74) is 3.87. The summed E-state index contributed by atoms with van der Waals surface area (Å²) in [5.74, 6) is 0.897. The first kappa shape index (κ1) is 14.9. The lowest BCUT2D eigenvalue weighted by atomic mass is 10.1. The number of fused-ring (bicyclic) bond motifs is 1. The summed E-state index contributed by atoms with van der Waals surface area (Å²) in [7, 11) is 3.77. The Morgan fingerprint density at radius 3 is 2.50 bits per heavy atom. The van der Waals surface area contributed by atoms with Crippen molar-refractivity contribution in [3.8, 4) is 11.4 Å². The molecule has 0 unspecified atom stereocenters. The molecule has 5 heteroatoms. The molecule has 0 aliphatic carbocycles. The highest BCUT2D eigenvalue weighted by molar-refractivity contribution is 5.94. The van der Waals surface area contributed by atoms with E-state index in [1.807, 2.05) is 30.3 Å². The zero-order valence-corrected chi connectivity index (χ0v) is 13.9. The number of carbonyl (C=O) groups is 1. The molecule has 0 spiro atoms. The second-order valence-corrected chi connectivity index (χ2v) is 6.33. The van der Waals surface area contributed by atoms with Crippen LogP contribution in [0.15, 0.2) is 48.5 Å². The van der Waals surface area contributed by atoms with Gasteiger partial charge in [0.2, 0.25) is 0 Å². The van der Waals surface area contributed by atoms with E-state index in [9.17, 15) is 4.79 Å². The number of benzene rings is 2. The predicted octanol–water partition coefficient (Wildman–Crippen LogP) is 2.55. The lowest BCUT2D eigenvalue weighted by Gasteiger charge is -2.38. The quantitative estimate of drug-likeness (QED) is 0.807. The van der Waals surface area contributed by atoms with Crippen LogP contribution >= 0.6 is 0 Å². The van der Waals surface area contributed by atoms with E-state index < -0.39 is 0 Å². The Bertz CT molecular complexity index is 891. The van der Waals surface area contributed by atoms with E-state index in [-0.39, 0.29) is 5.91 Å². The summed E-state index contributed by atoms with van der Waals surface area (Å²) in [6.07, 6.45) is 0. The molecule has 2 heterocycles. The van der Waals surface area contributed by atoms with Crippen molar-refractivity contribution in [2.45, 2.75) is 6.04 Å². The molecule has 1 aliphatic rings. The second-order valence-electron chi connectivity index (χ2n) is 6.33. The van der Waals surface area contributed by atoms with Crippen LogP contribution in [-0.2, 0) is 0 Å². The molecule has 5 nitrogen and oxygen atoms in total. The fourth-order valence-corrected chi connectivity index (χ4v) is 3.36. The van der Waals surface area contributed by atoms with Gasteiger partial charge in [0.25, 0.3) is 5.91 Å². The van der Waals surface area contributed by atoms with Crippen molar-refractivity contribution in [1.29, 1.82) is 0 Å². The van der Waals surface area contributed by atoms with Gasteiger partial charge >= 0.3 is 0 Å². The minimum absolute atomic E-state index is 0.0735. The van der Waals surface area contributed by atoms with E-state index >= 15 is 0 Å². The minimum atomic E-state index is -0.0735. The Balaban J connectivity index is 1.81. The molecular formula is C19H20N4O. The maximum Gasteiger partial charge on any atom is 0.251 e. The van der Waals surface area contributed by atoms with Gasteiger partial charge in [-0.15, -0.1) is 0 Å². The molecule has 3 aromatic rings. The summed E-state index contributed by atoms with van der Waals surface area (Å²) in [4.78, 5) is 18.9. The number of rotatable bonds is 3. The van der Waals surface area contributed by atoms with E-state index in [2.05, 4.69) is 40.0 Å². The van der Waals surface area contributed by atoms with E-state index in [1.54, 1.807) is 7.05 Å². The standard InChI is InChI=1S/C19H20N4O/c1-20-19(24)14-9-7-13(8-10-14)18-21-16-5-3-4-6-17(16)23(18)15-11-22(2)12-15/h3-10,15H,11-12H2,1-2H3,(H,20,24). The van der Waals surface area contributed by atoms with Crippen molar-refractivity contribution >= 4 is 16.9 Å². The third-order valence-corrected chi connectivity index (χ3v) is 4.64. The summed E-state index contributed by atoms with van der Waals surface area (Å²) in [5, 5.41) is 2.65. The summed E-state index contributed by atoms with van der Waals surface area (Å²) in [6.45, 7) is 2.06. The number of nitrogens with one attached hydrogen (secondary N) is 1. The normalized spacial score (nSPS) is 15.4. The molecule has 0 radical (unpaired) electrons. The average Bonchev–Trinajstić information content (AvgIpc) is 2.97.